The van der Waals surface area contributed by atoms with Crippen molar-refractivity contribution in [2.45, 2.75) is 24.0 Å². The number of Topliss-reactive ketones (excluding diaryl/α,β-unsaturated/α-hetero) is 1. The van der Waals surface area contributed by atoms with E-state index in [1.54, 1.807) is 0 Å². The second-order valence-electron chi connectivity index (χ2n) is 6.34. The van der Waals surface area contributed by atoms with E-state index in [9.17, 15) is 4.79 Å². The number of carbonyl (C=O) groups excluding carboxylic acids is 1. The van der Waals surface area contributed by atoms with E-state index in [1.165, 1.54) is 4.90 Å². The van der Waals surface area contributed by atoms with E-state index in [-0.39, 0.29) is 5.78 Å². The summed E-state index contributed by atoms with van der Waals surface area (Å²) in [7, 11) is 1.99. The van der Waals surface area contributed by atoms with Crippen molar-refractivity contribution in [3.05, 3.63) is 29.8 Å². The number of benzene rings is 1. The third-order valence-corrected chi connectivity index (χ3v) is 5.07. The highest BCUT2D eigenvalue weighted by molar-refractivity contribution is 7.99. The fourth-order valence-electron chi connectivity index (χ4n) is 2.73. The Hall–Kier alpha value is -0.880. The molecule has 0 aromatic heterocycles. The lowest BCUT2D eigenvalue weighted by Crippen LogP contribution is -2.49. The van der Waals surface area contributed by atoms with Gasteiger partial charge in [0.05, 0.1) is 6.54 Å². The highest BCUT2D eigenvalue weighted by Crippen LogP contribution is 2.23. The van der Waals surface area contributed by atoms with E-state index in [2.05, 4.69) is 41.1 Å². The van der Waals surface area contributed by atoms with Crippen LogP contribution in [0.2, 0.25) is 0 Å². The Bertz CT molecular complexity index is 482. The van der Waals surface area contributed by atoms with Crippen molar-refractivity contribution in [2.24, 2.45) is 0 Å². The Morgan fingerprint density at radius 2 is 1.74 bits per heavy atom. The summed E-state index contributed by atoms with van der Waals surface area (Å²) in [5, 5.41) is 3.75. The monoisotopic (exact) mass is 335 g/mol. The van der Waals surface area contributed by atoms with Crippen LogP contribution < -0.4 is 5.32 Å². The molecule has 5 heteroatoms. The van der Waals surface area contributed by atoms with Crippen molar-refractivity contribution < 1.29 is 4.79 Å². The van der Waals surface area contributed by atoms with Gasteiger partial charge in [-0.05, 0) is 19.2 Å². The molecule has 0 aliphatic carbocycles. The maximum Gasteiger partial charge on any atom is 0.176 e. The second kappa shape index (κ2) is 9.42. The van der Waals surface area contributed by atoms with E-state index < -0.39 is 0 Å². The highest BCUT2D eigenvalue weighted by atomic mass is 32.2. The minimum atomic E-state index is 0.231. The average Bonchev–Trinajstić information content (AvgIpc) is 2.54. The lowest BCUT2D eigenvalue weighted by molar-refractivity contribution is 0.0854. The summed E-state index contributed by atoms with van der Waals surface area (Å²) in [6.45, 7) is 11.1. The highest BCUT2D eigenvalue weighted by Gasteiger charge is 2.19. The van der Waals surface area contributed by atoms with Crippen LogP contribution >= 0.6 is 11.8 Å². The first-order valence-electron chi connectivity index (χ1n) is 8.47. The van der Waals surface area contributed by atoms with Crippen LogP contribution in [0.4, 0.5) is 0 Å². The molecule has 0 amide bonds. The van der Waals surface area contributed by atoms with Gasteiger partial charge >= 0.3 is 0 Å². The Labute approximate surface area is 144 Å². The largest absolute Gasteiger partial charge is 0.318 e. The van der Waals surface area contributed by atoms with Gasteiger partial charge in [0.1, 0.15) is 0 Å². The van der Waals surface area contributed by atoms with Crippen LogP contribution in [0.25, 0.3) is 0 Å². The molecular formula is C18H29N3OS. The first-order valence-corrected chi connectivity index (χ1v) is 9.35. The summed E-state index contributed by atoms with van der Waals surface area (Å²) in [5.74, 6) is 0.231. The van der Waals surface area contributed by atoms with Crippen LogP contribution in [0.15, 0.2) is 29.2 Å². The number of nitrogens with zero attached hydrogens (tertiary/aromatic N) is 2. The normalized spacial score (nSPS) is 16.9. The molecule has 0 bridgehead atoms. The van der Waals surface area contributed by atoms with Crippen LogP contribution in [0, 0.1) is 0 Å². The molecule has 0 spiro atoms. The minimum Gasteiger partial charge on any atom is -0.318 e. The van der Waals surface area contributed by atoms with Crippen LogP contribution in [-0.2, 0) is 0 Å². The molecular weight excluding hydrogens is 306 g/mol. The second-order valence-corrected chi connectivity index (χ2v) is 7.99. The Kier molecular flexibility index (Phi) is 7.56. The van der Waals surface area contributed by atoms with Crippen molar-refractivity contribution >= 4 is 17.5 Å². The molecule has 1 N–H and O–H groups in total. The topological polar surface area (TPSA) is 35.6 Å². The SMILES string of the molecule is CNCCN1CCN(CC(=O)c2ccc(SC(C)C)cc2)CC1. The molecule has 0 saturated carbocycles. The van der Waals surface area contributed by atoms with Crippen molar-refractivity contribution in [2.75, 3.05) is 52.9 Å². The van der Waals surface area contributed by atoms with Crippen LogP contribution in [-0.4, -0.2) is 73.7 Å². The van der Waals surface area contributed by atoms with Gasteiger partial charge in [-0.2, -0.15) is 0 Å². The van der Waals surface area contributed by atoms with Crippen molar-refractivity contribution in [1.82, 2.24) is 15.1 Å². The van der Waals surface area contributed by atoms with Gasteiger partial charge in [0, 0.05) is 55.0 Å². The van der Waals surface area contributed by atoms with Gasteiger partial charge in [-0.3, -0.25) is 14.6 Å². The Morgan fingerprint density at radius 3 is 2.30 bits per heavy atom. The summed E-state index contributed by atoms with van der Waals surface area (Å²) in [4.78, 5) is 18.4. The van der Waals surface area contributed by atoms with E-state index in [4.69, 9.17) is 0 Å². The van der Waals surface area contributed by atoms with Gasteiger partial charge in [0.2, 0.25) is 0 Å². The molecule has 0 atom stereocenters. The zero-order chi connectivity index (χ0) is 16.7. The minimum absolute atomic E-state index is 0.231. The van der Waals surface area contributed by atoms with Gasteiger partial charge in [-0.15, -0.1) is 11.8 Å². The number of rotatable bonds is 8. The number of hydrogen-bond acceptors (Lipinski definition) is 5. The molecule has 23 heavy (non-hydrogen) atoms. The maximum absolute atomic E-state index is 12.4. The van der Waals surface area contributed by atoms with Crippen LogP contribution in [0.5, 0.6) is 0 Å². The van der Waals surface area contributed by atoms with E-state index in [0.29, 0.717) is 11.8 Å². The summed E-state index contributed by atoms with van der Waals surface area (Å²) >= 11 is 1.83. The lowest BCUT2D eigenvalue weighted by atomic mass is 10.1. The summed E-state index contributed by atoms with van der Waals surface area (Å²) < 4.78 is 0. The molecule has 0 radical (unpaired) electrons. The number of carbonyl (C=O) groups is 1. The lowest BCUT2D eigenvalue weighted by Gasteiger charge is -2.34. The Morgan fingerprint density at radius 1 is 1.13 bits per heavy atom. The zero-order valence-corrected chi connectivity index (χ0v) is 15.4. The van der Waals surface area contributed by atoms with Crippen molar-refractivity contribution in [3.8, 4) is 0 Å². The summed E-state index contributed by atoms with van der Waals surface area (Å²) in [6, 6.07) is 8.06. The molecule has 2 rings (SSSR count). The zero-order valence-electron chi connectivity index (χ0n) is 14.5. The predicted molar refractivity (Wildman–Crippen MR) is 98.6 cm³/mol. The standard InChI is InChI=1S/C18H29N3OS/c1-15(2)23-17-6-4-16(5-7-17)18(22)14-21-12-10-20(11-13-21)9-8-19-3/h4-7,15,19H,8-14H2,1-3H3. The molecule has 4 nitrogen and oxygen atoms in total. The molecule has 1 aliphatic heterocycles. The Balaban J connectivity index is 1.78. The summed E-state index contributed by atoms with van der Waals surface area (Å²) in [5.41, 5.74) is 0.829. The third-order valence-electron chi connectivity index (χ3n) is 4.06. The van der Waals surface area contributed by atoms with Gasteiger partial charge in [-0.25, -0.2) is 0 Å². The van der Waals surface area contributed by atoms with E-state index in [1.807, 2.05) is 30.9 Å². The number of nitrogens with one attached hydrogen (secondary N) is 1. The fourth-order valence-corrected chi connectivity index (χ4v) is 3.56. The number of hydrogen-bond donors (Lipinski definition) is 1. The predicted octanol–water partition coefficient (Wildman–Crippen LogP) is 2.21. The molecule has 1 aromatic rings. The third kappa shape index (κ3) is 6.26. The molecule has 1 fully saturated rings. The summed E-state index contributed by atoms with van der Waals surface area (Å²) in [6.07, 6.45) is 0. The number of ketones is 1. The first kappa shape index (κ1) is 18.5. The molecule has 128 valence electrons. The first-order chi connectivity index (χ1) is 11.1. The number of piperazine rings is 1. The van der Waals surface area contributed by atoms with Gasteiger partial charge < -0.3 is 5.32 Å². The van der Waals surface area contributed by atoms with E-state index >= 15 is 0 Å². The van der Waals surface area contributed by atoms with Gasteiger partial charge in [0.15, 0.2) is 5.78 Å². The average molecular weight is 336 g/mol. The van der Waals surface area contributed by atoms with E-state index in [0.717, 1.165) is 44.8 Å². The molecule has 1 aliphatic rings. The fraction of sp³-hybridized carbons (Fsp3) is 0.611. The van der Waals surface area contributed by atoms with Crippen molar-refractivity contribution in [3.63, 3.8) is 0 Å². The van der Waals surface area contributed by atoms with Gasteiger partial charge in [0.25, 0.3) is 0 Å². The number of thioether (sulfide) groups is 1. The maximum atomic E-state index is 12.4. The van der Waals surface area contributed by atoms with Gasteiger partial charge in [-0.1, -0.05) is 26.0 Å². The quantitative estimate of drug-likeness (QED) is 0.582. The van der Waals surface area contributed by atoms with Crippen LogP contribution in [0.1, 0.15) is 24.2 Å². The van der Waals surface area contributed by atoms with Crippen molar-refractivity contribution in [1.29, 1.82) is 0 Å². The molecule has 1 aromatic carbocycles. The van der Waals surface area contributed by atoms with Crippen LogP contribution in [0.3, 0.4) is 0 Å². The molecule has 1 saturated heterocycles. The molecule has 0 unspecified atom stereocenters. The molecule has 1 heterocycles. The smallest absolute Gasteiger partial charge is 0.176 e. The number of likely N-dealkylation sites (N-methyl/N-ethyl adjacent to an activating group) is 1.